The molecule has 1 N–H and O–H groups in total. The second-order valence-corrected chi connectivity index (χ2v) is 4.68. The molecule has 0 bridgehead atoms. The zero-order valence-corrected chi connectivity index (χ0v) is 12.2. The molecule has 0 fully saturated rings. The molecule has 12 heteroatoms. The number of alkyl halides is 3. The summed E-state index contributed by atoms with van der Waals surface area (Å²) in [6.07, 6.45) is -5.55. The van der Waals surface area contributed by atoms with Crippen molar-refractivity contribution in [2.45, 2.75) is 18.6 Å². The zero-order chi connectivity index (χ0) is 17.2. The number of hydrogen-bond acceptors (Lipinski definition) is 6. The van der Waals surface area contributed by atoms with Gasteiger partial charge in [-0.3, -0.25) is 4.79 Å². The maximum Gasteiger partial charge on any atom is 0.471 e. The summed E-state index contributed by atoms with van der Waals surface area (Å²) < 4.78 is 42.5. The van der Waals surface area contributed by atoms with Crippen molar-refractivity contribution >= 4 is 29.1 Å². The van der Waals surface area contributed by atoms with E-state index in [9.17, 15) is 22.8 Å². The van der Waals surface area contributed by atoms with Crippen molar-refractivity contribution in [3.8, 4) is 0 Å². The summed E-state index contributed by atoms with van der Waals surface area (Å²) in [6, 6.07) is 1.31. The molecule has 2 aromatic heterocycles. The fraction of sp³-hybridized carbons (Fsp3) is 0.364. The summed E-state index contributed by atoms with van der Waals surface area (Å²) >= 11 is 5.72. The Balaban J connectivity index is 2.28. The van der Waals surface area contributed by atoms with Gasteiger partial charge in [0.15, 0.2) is 11.5 Å². The van der Waals surface area contributed by atoms with Crippen molar-refractivity contribution in [1.82, 2.24) is 25.1 Å². The van der Waals surface area contributed by atoms with Crippen LogP contribution in [-0.2, 0) is 20.7 Å². The van der Waals surface area contributed by atoms with E-state index in [4.69, 9.17) is 11.6 Å². The Labute approximate surface area is 131 Å². The summed E-state index contributed by atoms with van der Waals surface area (Å²) in [5.74, 6) is -3.31. The number of nitrogens with one attached hydrogen (secondary N) is 1. The molecule has 0 radical (unpaired) electrons. The highest BCUT2D eigenvalue weighted by molar-refractivity contribution is 6.29. The first-order valence-corrected chi connectivity index (χ1v) is 6.42. The number of halogens is 4. The van der Waals surface area contributed by atoms with Crippen LogP contribution in [0, 0.1) is 0 Å². The van der Waals surface area contributed by atoms with Crippen LogP contribution in [0.4, 0.5) is 13.2 Å². The molecular weight excluding hydrogens is 343 g/mol. The number of amides is 1. The molecule has 0 saturated heterocycles. The third-order valence-electron chi connectivity index (χ3n) is 2.73. The number of nitrogens with zero attached hydrogens (tertiary/aromatic N) is 4. The minimum absolute atomic E-state index is 0.0281. The largest absolute Gasteiger partial charge is 0.471 e. The molecule has 1 atom stereocenters. The van der Waals surface area contributed by atoms with Crippen LogP contribution < -0.4 is 5.32 Å². The van der Waals surface area contributed by atoms with Crippen LogP contribution in [0.2, 0.25) is 5.15 Å². The quantitative estimate of drug-likeness (QED) is 0.807. The molecule has 2 aromatic rings. The summed E-state index contributed by atoms with van der Waals surface area (Å²) in [7, 11) is 0.978. The number of rotatable bonds is 4. The first-order chi connectivity index (χ1) is 10.7. The molecule has 0 aliphatic heterocycles. The molecule has 124 valence electrons. The monoisotopic (exact) mass is 351 g/mol. The highest BCUT2D eigenvalue weighted by atomic mass is 35.5. The average Bonchev–Trinajstić information content (AvgIpc) is 2.87. The van der Waals surface area contributed by atoms with Crippen molar-refractivity contribution in [2.24, 2.45) is 0 Å². The lowest BCUT2D eigenvalue weighted by Gasteiger charge is -2.16. The van der Waals surface area contributed by atoms with E-state index in [0.29, 0.717) is 0 Å². The third kappa shape index (κ3) is 3.86. The molecule has 8 nitrogen and oxygen atoms in total. The summed E-state index contributed by atoms with van der Waals surface area (Å²) in [6.45, 7) is 0. The van der Waals surface area contributed by atoms with Crippen molar-refractivity contribution in [2.75, 3.05) is 7.11 Å². The topological polar surface area (TPSA) is 98.5 Å². The SMILES string of the molecule is COC(=O)[C@@H](Cc1nnc2ccc(Cl)nn12)NC(=O)C(F)(F)F. The Hall–Kier alpha value is -2.43. The van der Waals surface area contributed by atoms with Gasteiger partial charge in [-0.15, -0.1) is 10.2 Å². The second kappa shape index (κ2) is 6.36. The van der Waals surface area contributed by atoms with Crippen LogP contribution in [0.25, 0.3) is 5.65 Å². The van der Waals surface area contributed by atoms with Gasteiger partial charge < -0.3 is 10.1 Å². The minimum Gasteiger partial charge on any atom is -0.467 e. The third-order valence-corrected chi connectivity index (χ3v) is 2.93. The number of carbonyl (C=O) groups excluding carboxylic acids is 2. The minimum atomic E-state index is -5.14. The van der Waals surface area contributed by atoms with Gasteiger partial charge >= 0.3 is 18.1 Å². The van der Waals surface area contributed by atoms with Crippen molar-refractivity contribution in [3.63, 3.8) is 0 Å². The number of carbonyl (C=O) groups is 2. The molecule has 2 heterocycles. The molecule has 1 amide bonds. The number of hydrogen-bond donors (Lipinski definition) is 1. The molecule has 0 spiro atoms. The molecular formula is C11H9ClF3N5O3. The Kier molecular flexibility index (Phi) is 4.68. The summed E-state index contributed by atoms with van der Waals surface area (Å²) in [4.78, 5) is 22.6. The Morgan fingerprint density at radius 2 is 2.09 bits per heavy atom. The van der Waals surface area contributed by atoms with Gasteiger partial charge in [-0.2, -0.15) is 22.8 Å². The van der Waals surface area contributed by atoms with Crippen LogP contribution in [-0.4, -0.2) is 51.0 Å². The maximum absolute atomic E-state index is 12.3. The van der Waals surface area contributed by atoms with Crippen LogP contribution in [0.3, 0.4) is 0 Å². The Morgan fingerprint density at radius 1 is 1.39 bits per heavy atom. The fourth-order valence-corrected chi connectivity index (χ4v) is 1.84. The van der Waals surface area contributed by atoms with E-state index >= 15 is 0 Å². The lowest BCUT2D eigenvalue weighted by molar-refractivity contribution is -0.175. The lowest BCUT2D eigenvalue weighted by atomic mass is 10.2. The van der Waals surface area contributed by atoms with E-state index in [2.05, 4.69) is 20.0 Å². The number of aromatic nitrogens is 4. The number of esters is 1. The normalized spacial score (nSPS) is 12.9. The number of methoxy groups -OCH3 is 1. The van der Waals surface area contributed by atoms with Gasteiger partial charge in [-0.25, -0.2) is 4.79 Å². The molecule has 0 unspecified atom stereocenters. The summed E-state index contributed by atoms with van der Waals surface area (Å²) in [5.41, 5.74) is 0.273. The van der Waals surface area contributed by atoms with E-state index < -0.39 is 30.5 Å². The van der Waals surface area contributed by atoms with Crippen LogP contribution in [0.15, 0.2) is 12.1 Å². The van der Waals surface area contributed by atoms with Gasteiger partial charge in [0.25, 0.3) is 0 Å². The van der Waals surface area contributed by atoms with Crippen molar-refractivity contribution < 1.29 is 27.5 Å². The van der Waals surface area contributed by atoms with Crippen molar-refractivity contribution in [1.29, 1.82) is 0 Å². The zero-order valence-electron chi connectivity index (χ0n) is 11.5. The number of fused-ring (bicyclic) bond motifs is 1. The Bertz CT molecular complexity index is 748. The number of ether oxygens (including phenoxy) is 1. The fourth-order valence-electron chi connectivity index (χ4n) is 1.70. The van der Waals surface area contributed by atoms with E-state index in [1.807, 2.05) is 0 Å². The van der Waals surface area contributed by atoms with Gasteiger partial charge in [0, 0.05) is 6.42 Å². The van der Waals surface area contributed by atoms with E-state index in [-0.39, 0.29) is 16.6 Å². The molecule has 23 heavy (non-hydrogen) atoms. The average molecular weight is 352 g/mol. The first kappa shape index (κ1) is 16.9. The van der Waals surface area contributed by atoms with Gasteiger partial charge in [-0.05, 0) is 12.1 Å². The summed E-state index contributed by atoms with van der Waals surface area (Å²) in [5, 5.41) is 13.0. The highest BCUT2D eigenvalue weighted by Gasteiger charge is 2.41. The lowest BCUT2D eigenvalue weighted by Crippen LogP contribution is -2.48. The van der Waals surface area contributed by atoms with E-state index in [0.717, 1.165) is 11.6 Å². The van der Waals surface area contributed by atoms with Gasteiger partial charge in [0.2, 0.25) is 0 Å². The predicted molar refractivity (Wildman–Crippen MR) is 69.5 cm³/mol. The van der Waals surface area contributed by atoms with Gasteiger partial charge in [0.1, 0.15) is 11.2 Å². The van der Waals surface area contributed by atoms with Gasteiger partial charge in [-0.1, -0.05) is 11.6 Å². The molecule has 0 aliphatic rings. The predicted octanol–water partition coefficient (Wildman–Crippen LogP) is 0.540. The smallest absolute Gasteiger partial charge is 0.467 e. The molecule has 0 aromatic carbocycles. The Morgan fingerprint density at radius 3 is 2.70 bits per heavy atom. The maximum atomic E-state index is 12.3. The molecule has 0 saturated carbocycles. The molecule has 0 aliphatic carbocycles. The first-order valence-electron chi connectivity index (χ1n) is 6.04. The van der Waals surface area contributed by atoms with Crippen LogP contribution in [0.1, 0.15) is 5.82 Å². The second-order valence-electron chi connectivity index (χ2n) is 4.29. The molecule has 2 rings (SSSR count). The van der Waals surface area contributed by atoms with Gasteiger partial charge in [0.05, 0.1) is 7.11 Å². The highest BCUT2D eigenvalue weighted by Crippen LogP contribution is 2.15. The van der Waals surface area contributed by atoms with Crippen LogP contribution in [0.5, 0.6) is 0 Å². The standard InChI is InChI=1S/C11H9ClF3N5O3/c1-23-9(21)5(16-10(22)11(13,14)15)4-8-18-17-7-3-2-6(12)19-20(7)8/h2-3,5H,4H2,1H3,(H,16,22)/t5-/m1/s1. The van der Waals surface area contributed by atoms with Crippen molar-refractivity contribution in [3.05, 3.63) is 23.1 Å². The van der Waals surface area contributed by atoms with E-state index in [1.54, 1.807) is 5.32 Å². The van der Waals surface area contributed by atoms with Crippen LogP contribution >= 0.6 is 11.6 Å². The van der Waals surface area contributed by atoms with E-state index in [1.165, 1.54) is 12.1 Å².